The van der Waals surface area contributed by atoms with Gasteiger partial charge in [0.1, 0.15) is 5.82 Å². The van der Waals surface area contributed by atoms with E-state index in [0.29, 0.717) is 0 Å². The predicted molar refractivity (Wildman–Crippen MR) is 88.3 cm³/mol. The first-order valence-electron chi connectivity index (χ1n) is 7.71. The molecule has 0 fully saturated rings. The van der Waals surface area contributed by atoms with Gasteiger partial charge in [0.15, 0.2) is 0 Å². The zero-order valence-electron chi connectivity index (χ0n) is 12.9. The molecule has 1 aromatic carbocycles. The predicted octanol–water partition coefficient (Wildman–Crippen LogP) is 3.59. The lowest BCUT2D eigenvalue weighted by Gasteiger charge is -2.08. The number of hydrogen-bond donors (Lipinski definition) is 1. The summed E-state index contributed by atoms with van der Waals surface area (Å²) in [6, 6.07) is 6.69. The van der Waals surface area contributed by atoms with Gasteiger partial charge in [-0.25, -0.2) is 14.4 Å². The van der Waals surface area contributed by atoms with E-state index in [1.54, 1.807) is 12.4 Å². The molecule has 0 unspecified atom stereocenters. The maximum Gasteiger partial charge on any atom is 0.219 e. The average molecular weight is 308 g/mol. The zero-order chi connectivity index (χ0) is 16.0. The van der Waals surface area contributed by atoms with Gasteiger partial charge in [0, 0.05) is 47.0 Å². The lowest BCUT2D eigenvalue weighted by atomic mass is 9.95. The number of nitrogens with two attached hydrogens (primary N) is 1. The Kier molecular flexibility index (Phi) is 3.15. The highest BCUT2D eigenvalue weighted by atomic mass is 19.1. The third-order valence-electron chi connectivity index (χ3n) is 4.52. The van der Waals surface area contributed by atoms with Crippen LogP contribution in [0.2, 0.25) is 0 Å². The largest absolute Gasteiger partial charge is 0.368 e. The second-order valence-corrected chi connectivity index (χ2v) is 5.87. The minimum atomic E-state index is -0.223. The van der Waals surface area contributed by atoms with E-state index in [4.69, 9.17) is 5.73 Å². The van der Waals surface area contributed by atoms with Gasteiger partial charge in [-0.1, -0.05) is 12.1 Å². The Labute approximate surface area is 133 Å². The zero-order valence-corrected chi connectivity index (χ0v) is 12.9. The number of anilines is 1. The summed E-state index contributed by atoms with van der Waals surface area (Å²) in [4.78, 5) is 8.25. The second kappa shape index (κ2) is 5.19. The molecule has 0 radical (unpaired) electrons. The summed E-state index contributed by atoms with van der Waals surface area (Å²) in [6.45, 7) is 3.14. The molecule has 116 valence electrons. The van der Waals surface area contributed by atoms with Crippen molar-refractivity contribution in [2.24, 2.45) is 0 Å². The third-order valence-corrected chi connectivity index (χ3v) is 4.52. The summed E-state index contributed by atoms with van der Waals surface area (Å²) in [6.07, 6.45) is 5.69. The maximum atomic E-state index is 13.3. The van der Waals surface area contributed by atoms with E-state index in [-0.39, 0.29) is 11.8 Å². The number of fused-ring (bicyclic) bond motifs is 1. The molecule has 2 N–H and O–H groups in total. The van der Waals surface area contributed by atoms with Gasteiger partial charge in [-0.15, -0.1) is 0 Å². The summed E-state index contributed by atoms with van der Waals surface area (Å²) in [5, 5.41) is 0. The Hall–Kier alpha value is -2.69. The van der Waals surface area contributed by atoms with Crippen LogP contribution in [0.25, 0.3) is 22.3 Å². The van der Waals surface area contributed by atoms with Crippen LogP contribution >= 0.6 is 0 Å². The number of nitrogens with zero attached hydrogens (tertiary/aromatic N) is 3. The molecule has 5 heteroatoms. The van der Waals surface area contributed by atoms with E-state index in [1.165, 1.54) is 23.5 Å². The number of benzene rings is 1. The van der Waals surface area contributed by atoms with Crippen LogP contribution in [-0.4, -0.2) is 14.5 Å². The fourth-order valence-corrected chi connectivity index (χ4v) is 3.51. The van der Waals surface area contributed by atoms with E-state index < -0.39 is 0 Å². The molecule has 0 spiro atoms. The summed E-state index contributed by atoms with van der Waals surface area (Å²) >= 11 is 0. The molecule has 0 bridgehead atoms. The third kappa shape index (κ3) is 2.20. The topological polar surface area (TPSA) is 56.7 Å². The molecule has 23 heavy (non-hydrogen) atoms. The molecule has 3 aromatic rings. The molecule has 0 saturated heterocycles. The van der Waals surface area contributed by atoms with Crippen molar-refractivity contribution < 1.29 is 4.39 Å². The fraction of sp³-hybridized carbons (Fsp3) is 0.222. The molecular weight excluding hydrogens is 291 g/mol. The maximum absolute atomic E-state index is 13.3. The Morgan fingerprint density at radius 2 is 1.74 bits per heavy atom. The van der Waals surface area contributed by atoms with Crippen molar-refractivity contribution in [3.63, 3.8) is 0 Å². The number of nitrogen functional groups attached to an aromatic ring is 1. The molecule has 0 saturated carbocycles. The Bertz CT molecular complexity index is 864. The lowest BCUT2D eigenvalue weighted by Crippen LogP contribution is -1.96. The van der Waals surface area contributed by atoms with Gasteiger partial charge in [-0.05, 0) is 37.5 Å². The molecular formula is C18H17FN4. The van der Waals surface area contributed by atoms with Gasteiger partial charge in [0.25, 0.3) is 0 Å². The molecule has 3 heterocycles. The van der Waals surface area contributed by atoms with Crippen molar-refractivity contribution in [1.29, 1.82) is 0 Å². The number of hydrogen-bond acceptors (Lipinski definition) is 3. The summed E-state index contributed by atoms with van der Waals surface area (Å²) in [7, 11) is 0. The first kappa shape index (κ1) is 13.9. The first-order valence-corrected chi connectivity index (χ1v) is 7.71. The van der Waals surface area contributed by atoms with Crippen LogP contribution in [0.3, 0.4) is 0 Å². The second-order valence-electron chi connectivity index (χ2n) is 5.87. The number of halogens is 1. The van der Waals surface area contributed by atoms with Gasteiger partial charge >= 0.3 is 0 Å². The highest BCUT2D eigenvalue weighted by Crippen LogP contribution is 2.42. The fourth-order valence-electron chi connectivity index (χ4n) is 3.51. The molecule has 1 aliphatic rings. The average Bonchev–Trinajstić information content (AvgIpc) is 3.12. The summed E-state index contributed by atoms with van der Waals surface area (Å²) in [5.41, 5.74) is 12.4. The molecule has 0 amide bonds. The lowest BCUT2D eigenvalue weighted by molar-refractivity contribution is 0.628. The standard InChI is InChI=1S/C18H17FN4/c1-11-16(13-9-21-18(20)22-10-13)17(15-3-2-8-23(11)15)12-4-6-14(19)7-5-12/h4-7,9-10H,2-3,8H2,1H3,(H2,20,21,22). The van der Waals surface area contributed by atoms with Crippen molar-refractivity contribution >= 4 is 5.95 Å². The van der Waals surface area contributed by atoms with Crippen molar-refractivity contribution in [2.45, 2.75) is 26.3 Å². The molecule has 2 aromatic heterocycles. The Morgan fingerprint density at radius 3 is 2.43 bits per heavy atom. The van der Waals surface area contributed by atoms with Crippen LogP contribution in [0.15, 0.2) is 36.7 Å². The van der Waals surface area contributed by atoms with E-state index in [1.807, 2.05) is 12.1 Å². The van der Waals surface area contributed by atoms with Crippen LogP contribution in [0, 0.1) is 12.7 Å². The van der Waals surface area contributed by atoms with Crippen LogP contribution in [0.1, 0.15) is 17.8 Å². The summed E-state index contributed by atoms with van der Waals surface area (Å²) < 4.78 is 15.7. The van der Waals surface area contributed by atoms with E-state index >= 15 is 0 Å². The van der Waals surface area contributed by atoms with Gasteiger partial charge in [0.2, 0.25) is 5.95 Å². The minimum absolute atomic E-state index is 0.223. The Morgan fingerprint density at radius 1 is 1.04 bits per heavy atom. The molecule has 0 aliphatic carbocycles. The first-order chi connectivity index (χ1) is 11.1. The molecule has 4 nitrogen and oxygen atoms in total. The summed E-state index contributed by atoms with van der Waals surface area (Å²) in [5.74, 6) is 0.0418. The highest BCUT2D eigenvalue weighted by Gasteiger charge is 2.25. The van der Waals surface area contributed by atoms with Gasteiger partial charge < -0.3 is 10.3 Å². The minimum Gasteiger partial charge on any atom is -0.368 e. The van der Waals surface area contributed by atoms with Crippen LogP contribution in [-0.2, 0) is 13.0 Å². The van der Waals surface area contributed by atoms with Gasteiger partial charge in [-0.2, -0.15) is 0 Å². The molecule has 0 atom stereocenters. The van der Waals surface area contributed by atoms with Crippen molar-refractivity contribution in [3.8, 4) is 22.3 Å². The molecule has 4 rings (SSSR count). The van der Waals surface area contributed by atoms with Crippen LogP contribution < -0.4 is 5.73 Å². The molecule has 1 aliphatic heterocycles. The monoisotopic (exact) mass is 308 g/mol. The van der Waals surface area contributed by atoms with E-state index in [0.717, 1.165) is 41.6 Å². The van der Waals surface area contributed by atoms with E-state index in [9.17, 15) is 4.39 Å². The van der Waals surface area contributed by atoms with Crippen LogP contribution in [0.5, 0.6) is 0 Å². The van der Waals surface area contributed by atoms with Crippen molar-refractivity contribution in [2.75, 3.05) is 5.73 Å². The van der Waals surface area contributed by atoms with E-state index in [2.05, 4.69) is 21.5 Å². The number of aromatic nitrogens is 3. The van der Waals surface area contributed by atoms with Crippen molar-refractivity contribution in [1.82, 2.24) is 14.5 Å². The Balaban J connectivity index is 1.98. The highest BCUT2D eigenvalue weighted by molar-refractivity contribution is 5.87. The van der Waals surface area contributed by atoms with Crippen LogP contribution in [0.4, 0.5) is 10.3 Å². The smallest absolute Gasteiger partial charge is 0.219 e. The van der Waals surface area contributed by atoms with Crippen molar-refractivity contribution in [3.05, 3.63) is 53.9 Å². The quantitative estimate of drug-likeness (QED) is 0.787. The SMILES string of the molecule is Cc1c(-c2cnc(N)nc2)c(-c2ccc(F)cc2)c2n1CCC2. The normalized spacial score (nSPS) is 13.3. The van der Waals surface area contributed by atoms with Gasteiger partial charge in [0.05, 0.1) is 0 Å². The number of rotatable bonds is 2. The van der Waals surface area contributed by atoms with Gasteiger partial charge in [-0.3, -0.25) is 0 Å².